The van der Waals surface area contributed by atoms with Crippen molar-refractivity contribution in [3.8, 4) is 11.1 Å². The van der Waals surface area contributed by atoms with E-state index in [0.717, 1.165) is 17.5 Å². The van der Waals surface area contributed by atoms with Crippen LogP contribution in [-0.4, -0.2) is 6.54 Å². The lowest BCUT2D eigenvalue weighted by Gasteiger charge is -2.16. The van der Waals surface area contributed by atoms with Crippen molar-refractivity contribution in [2.75, 3.05) is 11.9 Å². The molecular formula is C18H18F3N. The molecule has 0 aromatic heterocycles. The number of halogens is 3. The third-order valence-electron chi connectivity index (χ3n) is 4.00. The highest BCUT2D eigenvalue weighted by Crippen LogP contribution is 2.38. The van der Waals surface area contributed by atoms with Crippen molar-refractivity contribution in [2.24, 2.45) is 5.92 Å². The number of hydrogen-bond donors (Lipinski definition) is 1. The smallest absolute Gasteiger partial charge is 0.385 e. The lowest BCUT2D eigenvalue weighted by Crippen LogP contribution is -2.12. The number of hydrogen-bond acceptors (Lipinski definition) is 1. The van der Waals surface area contributed by atoms with E-state index in [-0.39, 0.29) is 5.69 Å². The Hall–Kier alpha value is -1.97. The van der Waals surface area contributed by atoms with Crippen molar-refractivity contribution in [2.45, 2.75) is 25.4 Å². The first-order valence-electron chi connectivity index (χ1n) is 7.54. The maximum Gasteiger partial charge on any atom is 0.418 e. The van der Waals surface area contributed by atoms with Crippen molar-refractivity contribution >= 4 is 5.69 Å². The second-order valence-corrected chi connectivity index (χ2v) is 5.78. The Morgan fingerprint density at radius 1 is 0.955 bits per heavy atom. The first-order chi connectivity index (χ1) is 10.5. The Labute approximate surface area is 128 Å². The molecule has 4 heteroatoms. The van der Waals surface area contributed by atoms with Crippen LogP contribution < -0.4 is 5.32 Å². The van der Waals surface area contributed by atoms with E-state index in [1.807, 2.05) is 30.3 Å². The van der Waals surface area contributed by atoms with Crippen LogP contribution in [0.25, 0.3) is 11.1 Å². The quantitative estimate of drug-likeness (QED) is 0.760. The molecule has 1 N–H and O–H groups in total. The van der Waals surface area contributed by atoms with E-state index >= 15 is 0 Å². The van der Waals surface area contributed by atoms with E-state index in [4.69, 9.17) is 0 Å². The average Bonchev–Trinajstić information content (AvgIpc) is 3.31. The lowest BCUT2D eigenvalue weighted by molar-refractivity contribution is -0.136. The van der Waals surface area contributed by atoms with Crippen LogP contribution >= 0.6 is 0 Å². The molecule has 0 unspecified atom stereocenters. The minimum atomic E-state index is -4.34. The van der Waals surface area contributed by atoms with Crippen molar-refractivity contribution in [3.05, 3.63) is 54.1 Å². The summed E-state index contributed by atoms with van der Waals surface area (Å²) in [6.07, 6.45) is -0.986. The van der Waals surface area contributed by atoms with Gasteiger partial charge in [0.25, 0.3) is 0 Å². The summed E-state index contributed by atoms with van der Waals surface area (Å²) in [5, 5.41) is 2.98. The van der Waals surface area contributed by atoms with Gasteiger partial charge in [0.15, 0.2) is 0 Å². The summed E-state index contributed by atoms with van der Waals surface area (Å²) in [4.78, 5) is 0. The minimum Gasteiger partial charge on any atom is -0.385 e. The third kappa shape index (κ3) is 3.62. The van der Waals surface area contributed by atoms with E-state index < -0.39 is 11.7 Å². The van der Waals surface area contributed by atoms with E-state index in [2.05, 4.69) is 5.32 Å². The van der Waals surface area contributed by atoms with Gasteiger partial charge in [-0.25, -0.2) is 0 Å². The van der Waals surface area contributed by atoms with Gasteiger partial charge in [-0.05, 0) is 35.6 Å². The second-order valence-electron chi connectivity index (χ2n) is 5.78. The van der Waals surface area contributed by atoms with Crippen LogP contribution in [0.5, 0.6) is 0 Å². The van der Waals surface area contributed by atoms with E-state index in [1.54, 1.807) is 6.07 Å². The Bertz CT molecular complexity index is 631. The Kier molecular flexibility index (Phi) is 4.10. The van der Waals surface area contributed by atoms with Crippen molar-refractivity contribution in [1.29, 1.82) is 0 Å². The molecule has 0 amide bonds. The van der Waals surface area contributed by atoms with Crippen LogP contribution in [0.3, 0.4) is 0 Å². The molecule has 0 bridgehead atoms. The summed E-state index contributed by atoms with van der Waals surface area (Å²) in [5.74, 6) is 0.694. The first kappa shape index (κ1) is 14.9. The molecule has 3 rings (SSSR count). The maximum atomic E-state index is 13.1. The minimum absolute atomic E-state index is 0.175. The molecule has 0 radical (unpaired) electrons. The van der Waals surface area contributed by atoms with Gasteiger partial charge in [0.2, 0.25) is 0 Å². The molecule has 1 nitrogen and oxygen atoms in total. The highest BCUT2D eigenvalue weighted by Gasteiger charge is 2.33. The zero-order valence-corrected chi connectivity index (χ0v) is 12.2. The Morgan fingerprint density at radius 3 is 2.32 bits per heavy atom. The standard InChI is InChI=1S/C18H18F3N/c19-18(20,21)16-9-8-15(14-4-2-1-3-5-14)12-17(16)22-11-10-13-6-7-13/h1-5,8-9,12-13,22H,6-7,10-11H2. The van der Waals surface area contributed by atoms with Crippen molar-refractivity contribution in [1.82, 2.24) is 0 Å². The van der Waals surface area contributed by atoms with Gasteiger partial charge < -0.3 is 5.32 Å². The summed E-state index contributed by atoms with van der Waals surface area (Å²) < 4.78 is 39.4. The van der Waals surface area contributed by atoms with Crippen LogP contribution in [0.1, 0.15) is 24.8 Å². The SMILES string of the molecule is FC(F)(F)c1ccc(-c2ccccc2)cc1NCCC1CC1. The van der Waals surface area contributed by atoms with Gasteiger partial charge in [0.1, 0.15) is 0 Å². The van der Waals surface area contributed by atoms with Crippen molar-refractivity contribution < 1.29 is 13.2 Å². The fourth-order valence-electron chi connectivity index (χ4n) is 2.57. The molecule has 0 spiro atoms. The summed E-state index contributed by atoms with van der Waals surface area (Å²) in [7, 11) is 0. The molecule has 2 aromatic rings. The number of anilines is 1. The van der Waals surface area contributed by atoms with Crippen LogP contribution in [0.15, 0.2) is 48.5 Å². The molecule has 1 saturated carbocycles. The first-order valence-corrected chi connectivity index (χ1v) is 7.54. The predicted molar refractivity (Wildman–Crippen MR) is 82.7 cm³/mol. The normalized spacial score (nSPS) is 14.9. The van der Waals surface area contributed by atoms with Crippen LogP contribution in [0, 0.1) is 5.92 Å². The zero-order chi connectivity index (χ0) is 15.6. The van der Waals surface area contributed by atoms with Gasteiger partial charge in [0.05, 0.1) is 5.56 Å². The van der Waals surface area contributed by atoms with Gasteiger partial charge in [0, 0.05) is 12.2 Å². The van der Waals surface area contributed by atoms with Gasteiger partial charge in [-0.1, -0.05) is 49.2 Å². The Balaban J connectivity index is 1.87. The molecule has 1 aliphatic carbocycles. The number of alkyl halides is 3. The maximum absolute atomic E-state index is 13.1. The van der Waals surface area contributed by atoms with E-state index in [9.17, 15) is 13.2 Å². The molecule has 2 aromatic carbocycles. The van der Waals surface area contributed by atoms with Gasteiger partial charge in [-0.2, -0.15) is 13.2 Å². The molecule has 116 valence electrons. The van der Waals surface area contributed by atoms with Crippen molar-refractivity contribution in [3.63, 3.8) is 0 Å². The van der Waals surface area contributed by atoms with E-state index in [0.29, 0.717) is 12.5 Å². The highest BCUT2D eigenvalue weighted by atomic mass is 19.4. The topological polar surface area (TPSA) is 12.0 Å². The Morgan fingerprint density at radius 2 is 1.68 bits per heavy atom. The summed E-state index contributed by atoms with van der Waals surface area (Å²) in [6, 6.07) is 13.8. The predicted octanol–water partition coefficient (Wildman–Crippen LogP) is 5.58. The molecule has 0 saturated heterocycles. The highest BCUT2D eigenvalue weighted by molar-refractivity contribution is 5.70. The summed E-state index contributed by atoms with van der Waals surface area (Å²) >= 11 is 0. The number of benzene rings is 2. The van der Waals surface area contributed by atoms with Crippen LogP contribution in [0.2, 0.25) is 0 Å². The molecule has 0 heterocycles. The molecule has 0 atom stereocenters. The summed E-state index contributed by atoms with van der Waals surface area (Å²) in [5.41, 5.74) is 1.29. The van der Waals surface area contributed by atoms with Crippen LogP contribution in [0.4, 0.5) is 18.9 Å². The molecule has 1 fully saturated rings. The van der Waals surface area contributed by atoms with Gasteiger partial charge in [-0.15, -0.1) is 0 Å². The van der Waals surface area contributed by atoms with Gasteiger partial charge in [-0.3, -0.25) is 0 Å². The fourth-order valence-corrected chi connectivity index (χ4v) is 2.57. The summed E-state index contributed by atoms with van der Waals surface area (Å²) in [6.45, 7) is 0.589. The molecule has 1 aliphatic rings. The monoisotopic (exact) mass is 305 g/mol. The van der Waals surface area contributed by atoms with E-state index in [1.165, 1.54) is 25.0 Å². The number of rotatable bonds is 5. The molecular weight excluding hydrogens is 287 g/mol. The second kappa shape index (κ2) is 6.03. The fraction of sp³-hybridized carbons (Fsp3) is 0.333. The average molecular weight is 305 g/mol. The third-order valence-corrected chi connectivity index (χ3v) is 4.00. The lowest BCUT2D eigenvalue weighted by atomic mass is 10.0. The largest absolute Gasteiger partial charge is 0.418 e. The van der Waals surface area contributed by atoms with Crippen LogP contribution in [-0.2, 0) is 6.18 Å². The molecule has 0 aliphatic heterocycles. The zero-order valence-electron chi connectivity index (χ0n) is 12.2. The number of nitrogens with one attached hydrogen (secondary N) is 1. The van der Waals surface area contributed by atoms with Gasteiger partial charge >= 0.3 is 6.18 Å². The molecule has 22 heavy (non-hydrogen) atoms.